The molecule has 1 aromatic carbocycles. The summed E-state index contributed by atoms with van der Waals surface area (Å²) in [5.74, 6) is -0.252. The van der Waals surface area contributed by atoms with Crippen LogP contribution in [0.15, 0.2) is 42.7 Å². The van der Waals surface area contributed by atoms with E-state index in [0.29, 0.717) is 30.1 Å². The number of thiocarbonyl (C=S) groups is 1. The third-order valence-electron chi connectivity index (χ3n) is 6.22. The molecule has 1 spiro atoms. The van der Waals surface area contributed by atoms with Gasteiger partial charge in [0, 0.05) is 36.5 Å². The summed E-state index contributed by atoms with van der Waals surface area (Å²) in [5, 5.41) is 0. The number of carbonyl (C=O) groups excluding carboxylic acids is 2. The van der Waals surface area contributed by atoms with Gasteiger partial charge in [0.05, 0.1) is 17.5 Å². The largest absolute Gasteiger partial charge is 0.449 e. The van der Waals surface area contributed by atoms with Gasteiger partial charge in [0.2, 0.25) is 5.91 Å². The Morgan fingerprint density at radius 3 is 2.61 bits per heavy atom. The van der Waals surface area contributed by atoms with Crippen molar-refractivity contribution in [2.24, 2.45) is 5.73 Å². The smallest absolute Gasteiger partial charge is 0.341 e. The fourth-order valence-electron chi connectivity index (χ4n) is 4.51. The Bertz CT molecular complexity index is 1020. The average molecular weight is 393 g/mol. The van der Waals surface area contributed by atoms with Crippen LogP contribution in [0.5, 0.6) is 0 Å². The second-order valence-corrected chi connectivity index (χ2v) is 8.25. The van der Waals surface area contributed by atoms with E-state index in [1.807, 2.05) is 35.2 Å². The normalized spacial score (nSPS) is 24.1. The summed E-state index contributed by atoms with van der Waals surface area (Å²) in [5.41, 5.74) is 7.59. The van der Waals surface area contributed by atoms with E-state index in [1.54, 1.807) is 12.4 Å². The van der Waals surface area contributed by atoms with Gasteiger partial charge in [-0.15, -0.1) is 0 Å². The molecule has 1 amide bonds. The number of amides is 1. The van der Waals surface area contributed by atoms with Crippen LogP contribution in [0.1, 0.15) is 46.3 Å². The highest BCUT2D eigenvalue weighted by Gasteiger charge is 2.57. The summed E-state index contributed by atoms with van der Waals surface area (Å²) in [4.78, 5) is 31.9. The first-order valence-corrected chi connectivity index (χ1v) is 9.74. The number of ether oxygens (including phenoxy) is 1. The SMILES string of the molecule is NC(=S)c1ccc(C2(C(=O)N3CCC4(C3)OC(=O)c3cnccc34)CC2)cc1. The van der Waals surface area contributed by atoms with Crippen molar-refractivity contribution in [2.75, 3.05) is 13.1 Å². The van der Waals surface area contributed by atoms with Gasteiger partial charge in [0.25, 0.3) is 0 Å². The number of esters is 1. The second kappa shape index (κ2) is 5.85. The van der Waals surface area contributed by atoms with Gasteiger partial charge in [-0.1, -0.05) is 36.5 Å². The van der Waals surface area contributed by atoms with Crippen LogP contribution in [0.2, 0.25) is 0 Å². The topological polar surface area (TPSA) is 85.5 Å². The lowest BCUT2D eigenvalue weighted by Gasteiger charge is -2.27. The molecule has 1 atom stereocenters. The molecule has 142 valence electrons. The molecule has 2 N–H and O–H groups in total. The quantitative estimate of drug-likeness (QED) is 0.635. The molecule has 1 unspecified atom stereocenters. The first kappa shape index (κ1) is 17.3. The number of likely N-dealkylation sites (tertiary alicyclic amines) is 1. The number of carbonyl (C=O) groups is 2. The van der Waals surface area contributed by atoms with Crippen LogP contribution in [-0.4, -0.2) is 39.8 Å². The van der Waals surface area contributed by atoms with Crippen LogP contribution in [0.4, 0.5) is 0 Å². The highest BCUT2D eigenvalue weighted by molar-refractivity contribution is 7.80. The third-order valence-corrected chi connectivity index (χ3v) is 6.46. The molecule has 7 heteroatoms. The maximum atomic E-state index is 13.4. The molecule has 6 nitrogen and oxygen atoms in total. The lowest BCUT2D eigenvalue weighted by molar-refractivity contribution is -0.134. The maximum Gasteiger partial charge on any atom is 0.341 e. The van der Waals surface area contributed by atoms with E-state index in [0.717, 1.165) is 29.5 Å². The van der Waals surface area contributed by atoms with Crippen molar-refractivity contribution in [1.29, 1.82) is 0 Å². The summed E-state index contributed by atoms with van der Waals surface area (Å²) in [7, 11) is 0. The van der Waals surface area contributed by atoms with Crippen LogP contribution in [0.25, 0.3) is 0 Å². The molecule has 5 rings (SSSR count). The van der Waals surface area contributed by atoms with Crippen molar-refractivity contribution in [3.8, 4) is 0 Å². The Morgan fingerprint density at radius 1 is 1.18 bits per heavy atom. The minimum atomic E-state index is -0.739. The van der Waals surface area contributed by atoms with Gasteiger partial charge in [-0.25, -0.2) is 4.79 Å². The summed E-state index contributed by atoms with van der Waals surface area (Å²) in [6.07, 6.45) is 5.46. The Labute approximate surface area is 167 Å². The standard InChI is InChI=1S/C21H19N3O3S/c22-17(28)13-1-3-14(4-2-13)20(6-7-20)19(26)24-10-8-21(12-24)16-5-9-23-11-15(16)18(25)27-21/h1-5,9,11H,6-8,10,12H2,(H2,22,28). The summed E-state index contributed by atoms with van der Waals surface area (Å²) < 4.78 is 5.74. The highest BCUT2D eigenvalue weighted by Crippen LogP contribution is 2.52. The Morgan fingerprint density at radius 2 is 1.93 bits per heavy atom. The van der Waals surface area contributed by atoms with E-state index in [1.165, 1.54) is 0 Å². The summed E-state index contributed by atoms with van der Waals surface area (Å²) in [6, 6.07) is 9.47. The van der Waals surface area contributed by atoms with E-state index in [2.05, 4.69) is 4.98 Å². The van der Waals surface area contributed by atoms with Crippen molar-refractivity contribution < 1.29 is 14.3 Å². The Kier molecular flexibility index (Phi) is 3.61. The molecule has 1 saturated carbocycles. The Balaban J connectivity index is 1.40. The van der Waals surface area contributed by atoms with Crippen LogP contribution >= 0.6 is 12.2 Å². The van der Waals surface area contributed by atoms with Crippen LogP contribution in [0.3, 0.4) is 0 Å². The van der Waals surface area contributed by atoms with E-state index in [-0.39, 0.29) is 11.9 Å². The lowest BCUT2D eigenvalue weighted by atomic mass is 9.92. The minimum Gasteiger partial charge on any atom is -0.449 e. The fraction of sp³-hybridized carbons (Fsp3) is 0.333. The van der Waals surface area contributed by atoms with Crippen molar-refractivity contribution in [3.63, 3.8) is 0 Å². The van der Waals surface area contributed by atoms with E-state index >= 15 is 0 Å². The summed E-state index contributed by atoms with van der Waals surface area (Å²) >= 11 is 5.01. The predicted octanol–water partition coefficient (Wildman–Crippen LogP) is 2.05. The van der Waals surface area contributed by atoms with Crippen molar-refractivity contribution >= 4 is 29.1 Å². The Hall–Kier alpha value is -2.80. The number of rotatable bonds is 3. The lowest BCUT2D eigenvalue weighted by Crippen LogP contribution is -2.40. The molecule has 2 aliphatic heterocycles. The molecular weight excluding hydrogens is 374 g/mol. The molecule has 2 fully saturated rings. The van der Waals surface area contributed by atoms with Gasteiger partial charge >= 0.3 is 5.97 Å². The van der Waals surface area contributed by atoms with Crippen LogP contribution < -0.4 is 5.73 Å². The molecule has 3 aliphatic rings. The molecule has 1 saturated heterocycles. The molecule has 3 heterocycles. The van der Waals surface area contributed by atoms with Gasteiger partial charge in [-0.2, -0.15) is 0 Å². The predicted molar refractivity (Wildman–Crippen MR) is 106 cm³/mol. The average Bonchev–Trinajstić information content (AvgIpc) is 3.34. The zero-order chi connectivity index (χ0) is 19.5. The van der Waals surface area contributed by atoms with Gasteiger partial charge in [0.1, 0.15) is 4.99 Å². The molecule has 0 radical (unpaired) electrons. The zero-order valence-corrected chi connectivity index (χ0v) is 16.0. The number of nitrogens with zero attached hydrogens (tertiary/aromatic N) is 2. The van der Waals surface area contributed by atoms with E-state index in [9.17, 15) is 9.59 Å². The first-order chi connectivity index (χ1) is 13.5. The van der Waals surface area contributed by atoms with Crippen molar-refractivity contribution in [1.82, 2.24) is 9.88 Å². The molecule has 2 aromatic rings. The van der Waals surface area contributed by atoms with Gasteiger partial charge in [-0.3, -0.25) is 9.78 Å². The zero-order valence-electron chi connectivity index (χ0n) is 15.2. The van der Waals surface area contributed by atoms with Crippen molar-refractivity contribution in [2.45, 2.75) is 30.3 Å². The van der Waals surface area contributed by atoms with E-state index in [4.69, 9.17) is 22.7 Å². The van der Waals surface area contributed by atoms with Gasteiger partial charge in [0.15, 0.2) is 5.60 Å². The van der Waals surface area contributed by atoms with E-state index < -0.39 is 11.0 Å². The number of nitrogens with two attached hydrogens (primary N) is 1. The summed E-state index contributed by atoms with van der Waals surface area (Å²) in [6.45, 7) is 0.960. The maximum absolute atomic E-state index is 13.4. The number of pyridine rings is 1. The number of fused-ring (bicyclic) bond motifs is 2. The molecule has 28 heavy (non-hydrogen) atoms. The van der Waals surface area contributed by atoms with Gasteiger partial charge < -0.3 is 15.4 Å². The third kappa shape index (κ3) is 2.39. The fourth-order valence-corrected chi connectivity index (χ4v) is 4.64. The number of benzene rings is 1. The number of hydrogen-bond acceptors (Lipinski definition) is 5. The molecule has 1 aromatic heterocycles. The van der Waals surface area contributed by atoms with Gasteiger partial charge in [-0.05, 0) is 24.5 Å². The minimum absolute atomic E-state index is 0.103. The number of hydrogen-bond donors (Lipinski definition) is 1. The van der Waals surface area contributed by atoms with Crippen LogP contribution in [-0.2, 0) is 20.5 Å². The molecule has 1 aliphatic carbocycles. The molecular formula is C21H19N3O3S. The van der Waals surface area contributed by atoms with Crippen LogP contribution in [0, 0.1) is 0 Å². The monoisotopic (exact) mass is 393 g/mol. The number of aromatic nitrogens is 1. The van der Waals surface area contributed by atoms with Crippen molar-refractivity contribution in [3.05, 3.63) is 65.0 Å². The highest BCUT2D eigenvalue weighted by atomic mass is 32.1. The second-order valence-electron chi connectivity index (χ2n) is 7.81. The first-order valence-electron chi connectivity index (χ1n) is 9.33. The molecule has 0 bridgehead atoms.